The minimum absolute atomic E-state index is 0.107. The lowest BCUT2D eigenvalue weighted by Crippen LogP contribution is -2.25. The van der Waals surface area contributed by atoms with E-state index in [1.165, 1.54) is 6.21 Å². The number of phenols is 1. The molecule has 0 heterocycles. The Balaban J connectivity index is 1.55. The van der Waals surface area contributed by atoms with Gasteiger partial charge in [-0.15, -0.1) is 0 Å². The van der Waals surface area contributed by atoms with Crippen molar-refractivity contribution in [1.29, 1.82) is 0 Å². The Morgan fingerprint density at radius 2 is 1.88 bits per heavy atom. The van der Waals surface area contributed by atoms with Crippen LogP contribution in [0.25, 0.3) is 10.8 Å². The SMILES string of the molecule is Cc1ccc(O)c(/C=N/NC(=O)CNc2ccc3ccccc3c2)c1. The first-order chi connectivity index (χ1) is 12.1. The molecule has 3 rings (SSSR count). The molecule has 126 valence electrons. The fraction of sp³-hybridized carbons (Fsp3) is 0.100. The molecule has 0 spiro atoms. The van der Waals surface area contributed by atoms with Gasteiger partial charge >= 0.3 is 0 Å². The van der Waals surface area contributed by atoms with Gasteiger partial charge in [0.15, 0.2) is 0 Å². The smallest absolute Gasteiger partial charge is 0.259 e. The van der Waals surface area contributed by atoms with Crippen LogP contribution in [0.1, 0.15) is 11.1 Å². The summed E-state index contributed by atoms with van der Waals surface area (Å²) in [5, 5.41) is 18.9. The van der Waals surface area contributed by atoms with E-state index in [2.05, 4.69) is 15.8 Å². The van der Waals surface area contributed by atoms with Crippen LogP contribution in [0.4, 0.5) is 5.69 Å². The highest BCUT2D eigenvalue weighted by atomic mass is 16.3. The van der Waals surface area contributed by atoms with Gasteiger partial charge in [-0.25, -0.2) is 5.43 Å². The van der Waals surface area contributed by atoms with E-state index in [1.807, 2.05) is 49.4 Å². The average molecular weight is 333 g/mol. The number of carbonyl (C=O) groups excluding carboxylic acids is 1. The quantitative estimate of drug-likeness (QED) is 0.495. The van der Waals surface area contributed by atoms with Gasteiger partial charge in [-0.3, -0.25) is 4.79 Å². The number of anilines is 1. The fourth-order valence-corrected chi connectivity index (χ4v) is 2.47. The van der Waals surface area contributed by atoms with E-state index >= 15 is 0 Å². The van der Waals surface area contributed by atoms with Gasteiger partial charge < -0.3 is 10.4 Å². The highest BCUT2D eigenvalue weighted by Gasteiger charge is 2.02. The van der Waals surface area contributed by atoms with E-state index < -0.39 is 0 Å². The zero-order valence-electron chi connectivity index (χ0n) is 13.9. The molecule has 0 aliphatic heterocycles. The van der Waals surface area contributed by atoms with Crippen molar-refractivity contribution in [2.45, 2.75) is 6.92 Å². The van der Waals surface area contributed by atoms with Gasteiger partial charge in [0.1, 0.15) is 5.75 Å². The molecule has 0 unspecified atom stereocenters. The predicted molar refractivity (Wildman–Crippen MR) is 101 cm³/mol. The molecular formula is C20H19N3O2. The van der Waals surface area contributed by atoms with Crippen molar-refractivity contribution in [3.63, 3.8) is 0 Å². The van der Waals surface area contributed by atoms with Gasteiger partial charge in [0, 0.05) is 11.3 Å². The molecule has 3 aromatic carbocycles. The van der Waals surface area contributed by atoms with Crippen molar-refractivity contribution in [1.82, 2.24) is 5.43 Å². The Labute approximate surface area is 146 Å². The molecule has 5 heteroatoms. The number of phenolic OH excluding ortho intramolecular Hbond substituents is 1. The Bertz CT molecular complexity index is 935. The van der Waals surface area contributed by atoms with Crippen molar-refractivity contribution < 1.29 is 9.90 Å². The van der Waals surface area contributed by atoms with Crippen molar-refractivity contribution in [2.75, 3.05) is 11.9 Å². The number of aromatic hydroxyl groups is 1. The summed E-state index contributed by atoms with van der Waals surface area (Å²) >= 11 is 0. The van der Waals surface area contributed by atoms with Gasteiger partial charge in [0.05, 0.1) is 12.8 Å². The van der Waals surface area contributed by atoms with Crippen LogP contribution in [0.3, 0.4) is 0 Å². The van der Waals surface area contributed by atoms with Crippen molar-refractivity contribution in [3.8, 4) is 5.75 Å². The molecule has 0 saturated heterocycles. The van der Waals surface area contributed by atoms with Crippen LogP contribution in [0.5, 0.6) is 5.75 Å². The van der Waals surface area contributed by atoms with Gasteiger partial charge in [-0.2, -0.15) is 5.10 Å². The maximum Gasteiger partial charge on any atom is 0.259 e. The molecule has 1 amide bonds. The number of hydrazone groups is 1. The van der Waals surface area contributed by atoms with E-state index in [0.717, 1.165) is 22.0 Å². The van der Waals surface area contributed by atoms with Gasteiger partial charge in [-0.05, 0) is 42.0 Å². The standard InChI is InChI=1S/C20H19N3O2/c1-14-6-9-19(24)17(10-14)12-22-23-20(25)13-21-18-8-7-15-4-2-3-5-16(15)11-18/h2-12,21,24H,13H2,1H3,(H,23,25)/b22-12+. The molecular weight excluding hydrogens is 314 g/mol. The molecule has 5 nitrogen and oxygen atoms in total. The lowest BCUT2D eigenvalue weighted by molar-refractivity contribution is -0.119. The molecule has 0 aromatic heterocycles. The first kappa shape index (κ1) is 16.5. The number of hydrogen-bond acceptors (Lipinski definition) is 4. The first-order valence-corrected chi connectivity index (χ1v) is 7.96. The fourth-order valence-electron chi connectivity index (χ4n) is 2.47. The second-order valence-electron chi connectivity index (χ2n) is 5.77. The van der Waals surface area contributed by atoms with Crippen molar-refractivity contribution in [3.05, 3.63) is 71.8 Å². The maximum absolute atomic E-state index is 11.9. The Morgan fingerprint density at radius 3 is 2.72 bits per heavy atom. The second-order valence-corrected chi connectivity index (χ2v) is 5.77. The lowest BCUT2D eigenvalue weighted by atomic mass is 10.1. The van der Waals surface area contributed by atoms with Crippen LogP contribution in [0, 0.1) is 6.92 Å². The largest absolute Gasteiger partial charge is 0.507 e. The van der Waals surface area contributed by atoms with Crippen LogP contribution >= 0.6 is 0 Å². The van der Waals surface area contributed by atoms with E-state index in [0.29, 0.717) is 5.56 Å². The molecule has 0 aliphatic carbocycles. The number of amides is 1. The van der Waals surface area contributed by atoms with Crippen LogP contribution in [-0.2, 0) is 4.79 Å². The zero-order valence-corrected chi connectivity index (χ0v) is 13.9. The molecule has 0 aliphatic rings. The third-order valence-electron chi connectivity index (χ3n) is 3.78. The molecule has 3 aromatic rings. The molecule has 0 bridgehead atoms. The van der Waals surface area contributed by atoms with E-state index in [9.17, 15) is 9.90 Å². The number of benzene rings is 3. The molecule has 0 atom stereocenters. The molecule has 25 heavy (non-hydrogen) atoms. The molecule has 3 N–H and O–H groups in total. The summed E-state index contributed by atoms with van der Waals surface area (Å²) in [7, 11) is 0. The number of rotatable bonds is 5. The van der Waals surface area contributed by atoms with Crippen molar-refractivity contribution in [2.24, 2.45) is 5.10 Å². The molecule has 0 saturated carbocycles. The van der Waals surface area contributed by atoms with Gasteiger partial charge in [0.25, 0.3) is 5.91 Å². The first-order valence-electron chi connectivity index (χ1n) is 7.96. The summed E-state index contributed by atoms with van der Waals surface area (Å²) < 4.78 is 0. The number of carbonyl (C=O) groups is 1. The summed E-state index contributed by atoms with van der Waals surface area (Å²) in [6.07, 6.45) is 1.43. The number of hydrogen-bond donors (Lipinski definition) is 3. The lowest BCUT2D eigenvalue weighted by Gasteiger charge is -2.07. The van der Waals surface area contributed by atoms with Crippen LogP contribution < -0.4 is 10.7 Å². The molecule has 0 fully saturated rings. The zero-order chi connectivity index (χ0) is 17.6. The number of fused-ring (bicyclic) bond motifs is 1. The third kappa shape index (κ3) is 4.35. The second kappa shape index (κ2) is 7.49. The number of aryl methyl sites for hydroxylation is 1. The minimum atomic E-state index is -0.267. The highest BCUT2D eigenvalue weighted by Crippen LogP contribution is 2.18. The average Bonchev–Trinajstić information content (AvgIpc) is 2.62. The summed E-state index contributed by atoms with van der Waals surface area (Å²) in [5.74, 6) is -0.144. The summed E-state index contributed by atoms with van der Waals surface area (Å²) in [5.41, 5.74) is 4.87. The van der Waals surface area contributed by atoms with Crippen LogP contribution in [0.2, 0.25) is 0 Å². The summed E-state index contributed by atoms with van der Waals surface area (Å²) in [6, 6.07) is 19.2. The number of nitrogens with one attached hydrogen (secondary N) is 2. The Morgan fingerprint density at radius 1 is 1.08 bits per heavy atom. The van der Waals surface area contributed by atoms with E-state index in [1.54, 1.807) is 18.2 Å². The van der Waals surface area contributed by atoms with Crippen molar-refractivity contribution >= 4 is 28.6 Å². The van der Waals surface area contributed by atoms with Crippen LogP contribution in [-0.4, -0.2) is 23.8 Å². The monoisotopic (exact) mass is 333 g/mol. The van der Waals surface area contributed by atoms with Crippen LogP contribution in [0.15, 0.2) is 65.8 Å². The summed E-state index contributed by atoms with van der Waals surface area (Å²) in [4.78, 5) is 11.9. The maximum atomic E-state index is 11.9. The van der Waals surface area contributed by atoms with E-state index in [-0.39, 0.29) is 18.2 Å². The van der Waals surface area contributed by atoms with E-state index in [4.69, 9.17) is 0 Å². The summed E-state index contributed by atoms with van der Waals surface area (Å²) in [6.45, 7) is 2.03. The third-order valence-corrected chi connectivity index (χ3v) is 3.78. The Kier molecular flexibility index (Phi) is 4.95. The van der Waals surface area contributed by atoms with Gasteiger partial charge in [0.2, 0.25) is 0 Å². The molecule has 0 radical (unpaired) electrons. The predicted octanol–water partition coefficient (Wildman–Crippen LogP) is 3.42. The topological polar surface area (TPSA) is 73.7 Å². The highest BCUT2D eigenvalue weighted by molar-refractivity contribution is 5.88. The van der Waals surface area contributed by atoms with Gasteiger partial charge in [-0.1, -0.05) is 42.0 Å². The Hall–Kier alpha value is -3.34. The normalized spacial score (nSPS) is 10.9. The minimum Gasteiger partial charge on any atom is -0.507 e. The number of nitrogens with zero attached hydrogens (tertiary/aromatic N) is 1.